The molecule has 1 atom stereocenters. The number of benzene rings is 1. The lowest BCUT2D eigenvalue weighted by Gasteiger charge is -2.28. The molecule has 1 aromatic carbocycles. The third kappa shape index (κ3) is 3.59. The Balaban J connectivity index is 1.43. The molecule has 3 heteroatoms. The number of nitrogens with zero attached hydrogens (tertiary/aromatic N) is 1. The maximum absolute atomic E-state index is 8.82. The van der Waals surface area contributed by atoms with Gasteiger partial charge in [0.15, 0.2) is 0 Å². The van der Waals surface area contributed by atoms with Gasteiger partial charge in [0.1, 0.15) is 0 Å². The molecule has 2 fully saturated rings. The van der Waals surface area contributed by atoms with Crippen molar-refractivity contribution in [1.29, 1.82) is 5.26 Å². The van der Waals surface area contributed by atoms with Crippen LogP contribution >= 0.6 is 0 Å². The molecule has 1 aliphatic carbocycles. The predicted molar refractivity (Wildman–Crippen MR) is 76.5 cm³/mol. The standard InChI is InChI=1S/C17H21NO2/c18-11-13-1-3-14(4-2-13)15-5-7-16(8-6-15)19-10-9-17-12-20-17/h1-4,15-17H,5-10,12H2. The van der Waals surface area contributed by atoms with Crippen molar-refractivity contribution in [1.82, 2.24) is 0 Å². The Kier molecular flexibility index (Phi) is 4.34. The molecule has 1 saturated heterocycles. The van der Waals surface area contributed by atoms with E-state index in [4.69, 9.17) is 14.7 Å². The van der Waals surface area contributed by atoms with Crippen molar-refractivity contribution >= 4 is 0 Å². The smallest absolute Gasteiger partial charge is 0.0991 e. The Morgan fingerprint density at radius 2 is 1.85 bits per heavy atom. The molecule has 0 aromatic heterocycles. The molecule has 1 unspecified atom stereocenters. The van der Waals surface area contributed by atoms with Crippen LogP contribution in [0.5, 0.6) is 0 Å². The zero-order chi connectivity index (χ0) is 13.8. The molecule has 0 amide bonds. The highest BCUT2D eigenvalue weighted by molar-refractivity contribution is 5.33. The first-order valence-electron chi connectivity index (χ1n) is 7.58. The molecular weight excluding hydrogens is 250 g/mol. The lowest BCUT2D eigenvalue weighted by molar-refractivity contribution is 0.0210. The Bertz CT molecular complexity index is 465. The summed E-state index contributed by atoms with van der Waals surface area (Å²) >= 11 is 0. The van der Waals surface area contributed by atoms with E-state index in [1.54, 1.807) is 0 Å². The maximum Gasteiger partial charge on any atom is 0.0991 e. The molecule has 0 N–H and O–H groups in total. The first-order chi connectivity index (χ1) is 9.85. The summed E-state index contributed by atoms with van der Waals surface area (Å²) in [5.74, 6) is 0.634. The van der Waals surface area contributed by atoms with Gasteiger partial charge in [-0.05, 0) is 55.7 Å². The molecule has 1 saturated carbocycles. The van der Waals surface area contributed by atoms with E-state index in [-0.39, 0.29) is 0 Å². The van der Waals surface area contributed by atoms with Crippen LogP contribution in [0.2, 0.25) is 0 Å². The lowest BCUT2D eigenvalue weighted by atomic mass is 9.82. The second kappa shape index (κ2) is 6.39. The van der Waals surface area contributed by atoms with Crippen LogP contribution in [0, 0.1) is 11.3 Å². The minimum Gasteiger partial charge on any atom is -0.378 e. The molecule has 3 nitrogen and oxygen atoms in total. The number of rotatable bonds is 5. The van der Waals surface area contributed by atoms with E-state index >= 15 is 0 Å². The van der Waals surface area contributed by atoms with E-state index < -0.39 is 0 Å². The number of hydrogen-bond acceptors (Lipinski definition) is 3. The van der Waals surface area contributed by atoms with Gasteiger partial charge in [-0.25, -0.2) is 0 Å². The minimum absolute atomic E-state index is 0.434. The molecule has 3 rings (SSSR count). The van der Waals surface area contributed by atoms with Crippen molar-refractivity contribution in [2.75, 3.05) is 13.2 Å². The Morgan fingerprint density at radius 3 is 2.45 bits per heavy atom. The highest BCUT2D eigenvalue weighted by Gasteiger charge is 2.25. The van der Waals surface area contributed by atoms with Crippen LogP contribution in [0.15, 0.2) is 24.3 Å². The van der Waals surface area contributed by atoms with E-state index in [2.05, 4.69) is 18.2 Å². The molecule has 2 aliphatic rings. The summed E-state index contributed by atoms with van der Waals surface area (Å²) in [7, 11) is 0. The highest BCUT2D eigenvalue weighted by Crippen LogP contribution is 2.34. The van der Waals surface area contributed by atoms with Crippen LogP contribution in [0.3, 0.4) is 0 Å². The topological polar surface area (TPSA) is 45.5 Å². The highest BCUT2D eigenvalue weighted by atomic mass is 16.6. The second-order valence-electron chi connectivity index (χ2n) is 5.82. The van der Waals surface area contributed by atoms with E-state index in [1.165, 1.54) is 18.4 Å². The molecule has 0 spiro atoms. The van der Waals surface area contributed by atoms with E-state index in [0.29, 0.717) is 18.1 Å². The van der Waals surface area contributed by atoms with Crippen molar-refractivity contribution < 1.29 is 9.47 Å². The summed E-state index contributed by atoms with van der Waals surface area (Å²) in [6.07, 6.45) is 6.64. The van der Waals surface area contributed by atoms with Gasteiger partial charge in [-0.2, -0.15) is 5.26 Å². The Hall–Kier alpha value is -1.37. The summed E-state index contributed by atoms with van der Waals surface area (Å²) < 4.78 is 11.1. The lowest BCUT2D eigenvalue weighted by Crippen LogP contribution is -2.21. The summed E-state index contributed by atoms with van der Waals surface area (Å²) in [5, 5.41) is 8.82. The Morgan fingerprint density at radius 1 is 1.15 bits per heavy atom. The molecule has 20 heavy (non-hydrogen) atoms. The molecule has 106 valence electrons. The van der Waals surface area contributed by atoms with Crippen LogP contribution in [0.25, 0.3) is 0 Å². The molecule has 1 aromatic rings. The zero-order valence-electron chi connectivity index (χ0n) is 11.8. The molecule has 0 radical (unpaired) electrons. The Labute approximate surface area is 120 Å². The fourth-order valence-electron chi connectivity index (χ4n) is 2.99. The quantitative estimate of drug-likeness (QED) is 0.771. The summed E-state index contributed by atoms with van der Waals surface area (Å²) in [6.45, 7) is 1.77. The van der Waals surface area contributed by atoms with Crippen molar-refractivity contribution in [2.24, 2.45) is 0 Å². The third-order valence-corrected chi connectivity index (χ3v) is 4.38. The molecule has 1 aliphatic heterocycles. The predicted octanol–water partition coefficient (Wildman–Crippen LogP) is 3.39. The number of epoxide rings is 1. The van der Waals surface area contributed by atoms with Gasteiger partial charge in [0.2, 0.25) is 0 Å². The van der Waals surface area contributed by atoms with Crippen molar-refractivity contribution in [3.63, 3.8) is 0 Å². The van der Waals surface area contributed by atoms with Gasteiger partial charge in [0.05, 0.1) is 30.4 Å². The number of hydrogen-bond donors (Lipinski definition) is 0. The van der Waals surface area contributed by atoms with Gasteiger partial charge in [0, 0.05) is 6.61 Å². The van der Waals surface area contributed by atoms with E-state index in [0.717, 1.165) is 38.0 Å². The molecular formula is C17H21NO2. The van der Waals surface area contributed by atoms with Gasteiger partial charge in [0.25, 0.3) is 0 Å². The van der Waals surface area contributed by atoms with Gasteiger partial charge in [-0.3, -0.25) is 0 Å². The van der Waals surface area contributed by atoms with Crippen molar-refractivity contribution in [3.8, 4) is 6.07 Å². The molecule has 1 heterocycles. The fourth-order valence-corrected chi connectivity index (χ4v) is 2.99. The van der Waals surface area contributed by atoms with Crippen molar-refractivity contribution in [2.45, 2.75) is 50.2 Å². The summed E-state index contributed by atoms with van der Waals surface area (Å²) in [5.41, 5.74) is 2.11. The first kappa shape index (κ1) is 13.6. The van der Waals surface area contributed by atoms with Crippen LogP contribution in [-0.4, -0.2) is 25.4 Å². The zero-order valence-corrected chi connectivity index (χ0v) is 11.8. The second-order valence-corrected chi connectivity index (χ2v) is 5.82. The fraction of sp³-hybridized carbons (Fsp3) is 0.588. The largest absolute Gasteiger partial charge is 0.378 e. The monoisotopic (exact) mass is 271 g/mol. The average molecular weight is 271 g/mol. The van der Waals surface area contributed by atoms with E-state index in [9.17, 15) is 0 Å². The van der Waals surface area contributed by atoms with Crippen LogP contribution < -0.4 is 0 Å². The minimum atomic E-state index is 0.434. The first-order valence-corrected chi connectivity index (χ1v) is 7.58. The van der Waals surface area contributed by atoms with Crippen molar-refractivity contribution in [3.05, 3.63) is 35.4 Å². The normalized spacial score (nSPS) is 28.9. The third-order valence-electron chi connectivity index (χ3n) is 4.38. The summed E-state index contributed by atoms with van der Waals surface area (Å²) in [6, 6.07) is 10.2. The number of nitriles is 1. The van der Waals surface area contributed by atoms with Gasteiger partial charge in [-0.1, -0.05) is 12.1 Å². The van der Waals surface area contributed by atoms with Crippen LogP contribution in [0.4, 0.5) is 0 Å². The average Bonchev–Trinajstić information content (AvgIpc) is 3.32. The van der Waals surface area contributed by atoms with Crippen LogP contribution in [0.1, 0.15) is 49.1 Å². The number of ether oxygens (including phenoxy) is 2. The van der Waals surface area contributed by atoms with E-state index in [1.807, 2.05) is 12.1 Å². The van der Waals surface area contributed by atoms with Gasteiger partial charge < -0.3 is 9.47 Å². The molecule has 0 bridgehead atoms. The SMILES string of the molecule is N#Cc1ccc(C2CCC(OCCC3CO3)CC2)cc1. The summed E-state index contributed by atoms with van der Waals surface area (Å²) in [4.78, 5) is 0. The maximum atomic E-state index is 8.82. The van der Waals surface area contributed by atoms with Gasteiger partial charge >= 0.3 is 0 Å². The van der Waals surface area contributed by atoms with Gasteiger partial charge in [-0.15, -0.1) is 0 Å². The van der Waals surface area contributed by atoms with Crippen LogP contribution in [-0.2, 0) is 9.47 Å².